The Bertz CT molecular complexity index is 484. The molecular formula is C12H14N4O. The Morgan fingerprint density at radius 3 is 2.65 bits per heavy atom. The van der Waals surface area contributed by atoms with Gasteiger partial charge in [-0.1, -0.05) is 0 Å². The van der Waals surface area contributed by atoms with Crippen molar-refractivity contribution in [3.05, 3.63) is 42.0 Å². The molecule has 0 saturated heterocycles. The van der Waals surface area contributed by atoms with Gasteiger partial charge in [-0.25, -0.2) is 9.97 Å². The van der Waals surface area contributed by atoms with Crippen LogP contribution in [-0.2, 0) is 6.42 Å². The molecule has 0 fully saturated rings. The highest BCUT2D eigenvalue weighted by molar-refractivity contribution is 5.28. The molecular weight excluding hydrogens is 216 g/mol. The SMILES string of the molecule is Cc1ncccc1Oc1ncc(CCN)cn1. The first-order valence-electron chi connectivity index (χ1n) is 5.40. The van der Waals surface area contributed by atoms with Gasteiger partial charge >= 0.3 is 6.01 Å². The van der Waals surface area contributed by atoms with E-state index in [1.54, 1.807) is 18.6 Å². The van der Waals surface area contributed by atoms with E-state index in [2.05, 4.69) is 15.0 Å². The molecule has 0 radical (unpaired) electrons. The summed E-state index contributed by atoms with van der Waals surface area (Å²) in [6, 6.07) is 3.96. The summed E-state index contributed by atoms with van der Waals surface area (Å²) in [4.78, 5) is 12.4. The number of pyridine rings is 1. The summed E-state index contributed by atoms with van der Waals surface area (Å²) in [5, 5.41) is 0. The molecule has 5 heteroatoms. The molecule has 0 aliphatic rings. The first-order valence-corrected chi connectivity index (χ1v) is 5.40. The number of rotatable bonds is 4. The van der Waals surface area contributed by atoms with Crippen LogP contribution in [0.15, 0.2) is 30.7 Å². The average Bonchev–Trinajstić information content (AvgIpc) is 2.35. The molecule has 2 aromatic heterocycles. The first kappa shape index (κ1) is 11.5. The number of nitrogens with two attached hydrogens (primary N) is 1. The monoisotopic (exact) mass is 230 g/mol. The lowest BCUT2D eigenvalue weighted by Crippen LogP contribution is -2.04. The number of aromatic nitrogens is 3. The van der Waals surface area contributed by atoms with Gasteiger partial charge in [0.2, 0.25) is 0 Å². The lowest BCUT2D eigenvalue weighted by Gasteiger charge is -2.05. The zero-order valence-electron chi connectivity index (χ0n) is 9.63. The second-order valence-corrected chi connectivity index (χ2v) is 3.60. The van der Waals surface area contributed by atoms with Crippen LogP contribution < -0.4 is 10.5 Å². The standard InChI is InChI=1S/C12H14N4O/c1-9-11(3-2-6-14-9)17-12-15-7-10(4-5-13)8-16-12/h2-3,6-8H,4-5,13H2,1H3. The lowest BCUT2D eigenvalue weighted by molar-refractivity contribution is 0.435. The molecule has 0 aliphatic heterocycles. The van der Waals surface area contributed by atoms with Crippen LogP contribution in [-0.4, -0.2) is 21.5 Å². The van der Waals surface area contributed by atoms with Gasteiger partial charge < -0.3 is 10.5 Å². The van der Waals surface area contributed by atoms with Crippen LogP contribution in [0.4, 0.5) is 0 Å². The summed E-state index contributed by atoms with van der Waals surface area (Å²) < 4.78 is 5.53. The molecule has 2 heterocycles. The fourth-order valence-corrected chi connectivity index (χ4v) is 1.37. The summed E-state index contributed by atoms with van der Waals surface area (Å²) in [6.07, 6.45) is 5.93. The van der Waals surface area contributed by atoms with E-state index in [9.17, 15) is 0 Å². The summed E-state index contributed by atoms with van der Waals surface area (Å²) in [5.41, 5.74) is 7.26. The van der Waals surface area contributed by atoms with Crippen LogP contribution in [0.2, 0.25) is 0 Å². The molecule has 0 aromatic carbocycles. The fourth-order valence-electron chi connectivity index (χ4n) is 1.37. The van der Waals surface area contributed by atoms with Gasteiger partial charge in [0.05, 0.1) is 5.69 Å². The zero-order chi connectivity index (χ0) is 12.1. The maximum Gasteiger partial charge on any atom is 0.321 e. The van der Waals surface area contributed by atoms with Crippen molar-refractivity contribution in [3.8, 4) is 11.8 Å². The van der Waals surface area contributed by atoms with E-state index >= 15 is 0 Å². The number of ether oxygens (including phenoxy) is 1. The van der Waals surface area contributed by atoms with E-state index in [1.807, 2.05) is 19.1 Å². The Kier molecular flexibility index (Phi) is 3.62. The predicted octanol–water partition coefficient (Wildman–Crippen LogP) is 1.47. The van der Waals surface area contributed by atoms with Crippen molar-refractivity contribution in [1.82, 2.24) is 15.0 Å². The predicted molar refractivity (Wildman–Crippen MR) is 63.8 cm³/mol. The van der Waals surface area contributed by atoms with E-state index in [0.29, 0.717) is 18.3 Å². The molecule has 88 valence electrons. The third kappa shape index (κ3) is 2.98. The Hall–Kier alpha value is -2.01. The van der Waals surface area contributed by atoms with Crippen LogP contribution in [0.5, 0.6) is 11.8 Å². The Morgan fingerprint density at radius 2 is 2.00 bits per heavy atom. The Morgan fingerprint density at radius 1 is 1.24 bits per heavy atom. The van der Waals surface area contributed by atoms with Gasteiger partial charge in [-0.15, -0.1) is 0 Å². The van der Waals surface area contributed by atoms with Crippen molar-refractivity contribution in [1.29, 1.82) is 0 Å². The molecule has 17 heavy (non-hydrogen) atoms. The molecule has 0 amide bonds. The van der Waals surface area contributed by atoms with Crippen LogP contribution in [0.25, 0.3) is 0 Å². The summed E-state index contributed by atoms with van der Waals surface area (Å²) in [5.74, 6) is 0.666. The number of hydrogen-bond acceptors (Lipinski definition) is 5. The van der Waals surface area contributed by atoms with Gasteiger partial charge in [0, 0.05) is 18.6 Å². The van der Waals surface area contributed by atoms with Gasteiger partial charge in [0.15, 0.2) is 5.75 Å². The van der Waals surface area contributed by atoms with Crippen molar-refractivity contribution in [3.63, 3.8) is 0 Å². The topological polar surface area (TPSA) is 73.9 Å². The maximum atomic E-state index is 5.53. The van der Waals surface area contributed by atoms with Crippen LogP contribution in [0, 0.1) is 6.92 Å². The van der Waals surface area contributed by atoms with Crippen molar-refractivity contribution in [2.24, 2.45) is 5.73 Å². The van der Waals surface area contributed by atoms with Gasteiger partial charge in [-0.2, -0.15) is 0 Å². The molecule has 2 aromatic rings. The van der Waals surface area contributed by atoms with Gasteiger partial charge in [-0.3, -0.25) is 4.98 Å². The minimum atomic E-state index is 0.321. The van der Waals surface area contributed by atoms with Gasteiger partial charge in [0.25, 0.3) is 0 Å². The highest BCUT2D eigenvalue weighted by Gasteiger charge is 2.03. The van der Waals surface area contributed by atoms with Gasteiger partial charge in [0.1, 0.15) is 0 Å². The van der Waals surface area contributed by atoms with E-state index in [0.717, 1.165) is 17.7 Å². The number of hydrogen-bond donors (Lipinski definition) is 1. The smallest absolute Gasteiger partial charge is 0.321 e. The first-order chi connectivity index (χ1) is 8.29. The van der Waals surface area contributed by atoms with Crippen molar-refractivity contribution in [2.45, 2.75) is 13.3 Å². The summed E-state index contributed by atoms with van der Waals surface area (Å²) in [7, 11) is 0. The van der Waals surface area contributed by atoms with E-state index < -0.39 is 0 Å². The van der Waals surface area contributed by atoms with E-state index in [1.165, 1.54) is 0 Å². The molecule has 0 saturated carbocycles. The fraction of sp³-hybridized carbons (Fsp3) is 0.250. The second-order valence-electron chi connectivity index (χ2n) is 3.60. The third-order valence-corrected chi connectivity index (χ3v) is 2.27. The lowest BCUT2D eigenvalue weighted by atomic mass is 10.2. The molecule has 0 spiro atoms. The van der Waals surface area contributed by atoms with Crippen LogP contribution in [0.1, 0.15) is 11.3 Å². The minimum Gasteiger partial charge on any atom is -0.422 e. The molecule has 0 bridgehead atoms. The largest absolute Gasteiger partial charge is 0.422 e. The summed E-state index contributed by atoms with van der Waals surface area (Å²) in [6.45, 7) is 2.46. The summed E-state index contributed by atoms with van der Waals surface area (Å²) >= 11 is 0. The van der Waals surface area contributed by atoms with Gasteiger partial charge in [-0.05, 0) is 37.6 Å². The molecule has 2 N–H and O–H groups in total. The average molecular weight is 230 g/mol. The second kappa shape index (κ2) is 5.36. The Labute approximate surface area is 99.7 Å². The van der Waals surface area contributed by atoms with E-state index in [4.69, 9.17) is 10.5 Å². The molecule has 0 aliphatic carbocycles. The highest BCUT2D eigenvalue weighted by Crippen LogP contribution is 2.19. The minimum absolute atomic E-state index is 0.321. The molecule has 0 unspecified atom stereocenters. The van der Waals surface area contributed by atoms with Crippen LogP contribution >= 0.6 is 0 Å². The van der Waals surface area contributed by atoms with Crippen molar-refractivity contribution in [2.75, 3.05) is 6.54 Å². The molecule has 0 atom stereocenters. The Balaban J connectivity index is 2.11. The van der Waals surface area contributed by atoms with Crippen molar-refractivity contribution >= 4 is 0 Å². The maximum absolute atomic E-state index is 5.53. The highest BCUT2D eigenvalue weighted by atomic mass is 16.5. The van der Waals surface area contributed by atoms with Crippen LogP contribution in [0.3, 0.4) is 0 Å². The number of nitrogens with zero attached hydrogens (tertiary/aromatic N) is 3. The molecule has 2 rings (SSSR count). The van der Waals surface area contributed by atoms with Crippen molar-refractivity contribution < 1.29 is 4.74 Å². The zero-order valence-corrected chi connectivity index (χ0v) is 9.63. The van der Waals surface area contributed by atoms with E-state index in [-0.39, 0.29) is 0 Å². The normalized spacial score (nSPS) is 10.2. The molecule has 5 nitrogen and oxygen atoms in total. The third-order valence-electron chi connectivity index (χ3n) is 2.27. The quantitative estimate of drug-likeness (QED) is 0.861. The number of aryl methyl sites for hydroxylation is 1.